The van der Waals surface area contributed by atoms with Crippen molar-refractivity contribution in [2.45, 2.75) is 78.0 Å². The Morgan fingerprint density at radius 3 is 2.45 bits per heavy atom. The number of benzene rings is 1. The van der Waals surface area contributed by atoms with Gasteiger partial charge < -0.3 is 14.8 Å². The summed E-state index contributed by atoms with van der Waals surface area (Å²) in [6.45, 7) is 7.37. The molecule has 0 unspecified atom stereocenters. The van der Waals surface area contributed by atoms with E-state index in [2.05, 4.69) is 5.32 Å². The molecule has 0 aliphatic heterocycles. The second kappa shape index (κ2) is 12.8. The highest BCUT2D eigenvalue weighted by molar-refractivity contribution is 5.89. The van der Waals surface area contributed by atoms with Crippen molar-refractivity contribution in [3.63, 3.8) is 0 Å². The molecule has 1 atom stereocenters. The predicted octanol–water partition coefficient (Wildman–Crippen LogP) is 4.72. The summed E-state index contributed by atoms with van der Waals surface area (Å²) in [5, 5.41) is 2.60. The van der Waals surface area contributed by atoms with Gasteiger partial charge in [-0.1, -0.05) is 43.3 Å². The molecule has 1 N–H and O–H groups in total. The molecule has 0 radical (unpaired) electrons. The Balaban J connectivity index is 2.60. The van der Waals surface area contributed by atoms with Gasteiger partial charge in [-0.05, 0) is 58.1 Å². The molecule has 6 nitrogen and oxygen atoms in total. The van der Waals surface area contributed by atoms with Crippen LogP contribution in [0.5, 0.6) is 0 Å². The van der Waals surface area contributed by atoms with Gasteiger partial charge in [-0.3, -0.25) is 4.79 Å². The molecule has 1 amide bonds. The maximum atomic E-state index is 12.5. The number of carbonyl (C=O) groups excluding carboxylic acids is 3. The van der Waals surface area contributed by atoms with Gasteiger partial charge in [-0.15, -0.1) is 0 Å². The molecule has 0 saturated carbocycles. The summed E-state index contributed by atoms with van der Waals surface area (Å²) in [5.41, 5.74) is 0.208. The molecular weight excluding hydrogens is 370 g/mol. The van der Waals surface area contributed by atoms with Crippen molar-refractivity contribution in [1.82, 2.24) is 5.32 Å². The van der Waals surface area contributed by atoms with Crippen LogP contribution in [0.2, 0.25) is 0 Å². The number of rotatable bonds is 11. The van der Waals surface area contributed by atoms with E-state index in [1.165, 1.54) is 0 Å². The van der Waals surface area contributed by atoms with Crippen LogP contribution in [0.25, 0.3) is 0 Å². The number of nitrogens with one attached hydrogen (secondary N) is 1. The number of alkyl carbamates (subject to hydrolysis) is 1. The minimum Gasteiger partial charge on any atom is -0.459 e. The highest BCUT2D eigenvalue weighted by Gasteiger charge is 2.25. The number of esters is 1. The molecule has 1 rings (SSSR count). The quantitative estimate of drug-likeness (QED) is 0.328. The molecule has 0 aliphatic carbocycles. The SMILES string of the molecule is CCCC(=O)/C=C/CCC[C@H](NC(=O)OC(C)(C)C)C(=O)OCc1ccccc1. The van der Waals surface area contributed by atoms with Crippen molar-refractivity contribution >= 4 is 17.8 Å². The maximum Gasteiger partial charge on any atom is 0.408 e. The van der Waals surface area contributed by atoms with Crippen LogP contribution in [-0.4, -0.2) is 29.5 Å². The predicted molar refractivity (Wildman–Crippen MR) is 112 cm³/mol. The van der Waals surface area contributed by atoms with Crippen molar-refractivity contribution in [2.75, 3.05) is 0 Å². The first-order valence-electron chi connectivity index (χ1n) is 10.1. The highest BCUT2D eigenvalue weighted by atomic mass is 16.6. The van der Waals surface area contributed by atoms with E-state index in [0.717, 1.165) is 12.0 Å². The normalized spacial score (nSPS) is 12.4. The molecule has 0 fully saturated rings. The summed E-state index contributed by atoms with van der Waals surface area (Å²) in [6.07, 6.45) is 5.71. The molecule has 1 aromatic carbocycles. The number of allylic oxidation sites excluding steroid dienone is 2. The van der Waals surface area contributed by atoms with Crippen LogP contribution in [0.4, 0.5) is 4.79 Å². The van der Waals surface area contributed by atoms with Crippen molar-refractivity contribution < 1.29 is 23.9 Å². The van der Waals surface area contributed by atoms with Gasteiger partial charge in [0.2, 0.25) is 0 Å². The molecule has 0 aromatic heterocycles. The first-order chi connectivity index (χ1) is 13.7. The third-order valence-corrected chi connectivity index (χ3v) is 3.86. The van der Waals surface area contributed by atoms with E-state index in [1.807, 2.05) is 37.3 Å². The monoisotopic (exact) mass is 403 g/mol. The second-order valence-corrected chi connectivity index (χ2v) is 7.84. The van der Waals surface area contributed by atoms with Crippen molar-refractivity contribution in [1.29, 1.82) is 0 Å². The van der Waals surface area contributed by atoms with Crippen LogP contribution in [-0.2, 0) is 25.7 Å². The van der Waals surface area contributed by atoms with E-state index < -0.39 is 23.7 Å². The van der Waals surface area contributed by atoms with E-state index in [-0.39, 0.29) is 12.4 Å². The lowest BCUT2D eigenvalue weighted by Gasteiger charge is -2.23. The second-order valence-electron chi connectivity index (χ2n) is 7.84. The first-order valence-corrected chi connectivity index (χ1v) is 10.1. The zero-order valence-corrected chi connectivity index (χ0v) is 17.9. The Morgan fingerprint density at radius 1 is 1.14 bits per heavy atom. The molecule has 0 saturated heterocycles. The molecule has 160 valence electrons. The molecule has 1 aromatic rings. The fraction of sp³-hybridized carbons (Fsp3) is 0.522. The number of amides is 1. The number of ether oxygens (including phenoxy) is 2. The average Bonchev–Trinajstić information content (AvgIpc) is 2.64. The van der Waals surface area contributed by atoms with Crippen LogP contribution in [0.15, 0.2) is 42.5 Å². The van der Waals surface area contributed by atoms with Crippen molar-refractivity contribution in [3.05, 3.63) is 48.0 Å². The summed E-state index contributed by atoms with van der Waals surface area (Å²) in [4.78, 5) is 36.1. The molecule has 0 heterocycles. The van der Waals surface area contributed by atoms with E-state index in [4.69, 9.17) is 9.47 Å². The Labute approximate surface area is 173 Å². The summed E-state index contributed by atoms with van der Waals surface area (Å²) in [6, 6.07) is 8.53. The van der Waals surface area contributed by atoms with Crippen LogP contribution in [0.3, 0.4) is 0 Å². The third kappa shape index (κ3) is 11.7. The maximum absolute atomic E-state index is 12.5. The van der Waals surface area contributed by atoms with Gasteiger partial charge in [0.05, 0.1) is 0 Å². The van der Waals surface area contributed by atoms with E-state index in [1.54, 1.807) is 32.9 Å². The Kier molecular flexibility index (Phi) is 10.7. The van der Waals surface area contributed by atoms with Crippen LogP contribution in [0.1, 0.15) is 65.4 Å². The van der Waals surface area contributed by atoms with Gasteiger partial charge in [0, 0.05) is 6.42 Å². The number of hydrogen-bond donors (Lipinski definition) is 1. The van der Waals surface area contributed by atoms with Gasteiger partial charge in [-0.25, -0.2) is 9.59 Å². The third-order valence-electron chi connectivity index (χ3n) is 3.86. The smallest absolute Gasteiger partial charge is 0.408 e. The van der Waals surface area contributed by atoms with Crippen LogP contribution in [0, 0.1) is 0 Å². The lowest BCUT2D eigenvalue weighted by Crippen LogP contribution is -2.44. The largest absolute Gasteiger partial charge is 0.459 e. The van der Waals surface area contributed by atoms with Crippen molar-refractivity contribution in [3.8, 4) is 0 Å². The Hall–Kier alpha value is -2.63. The minimum atomic E-state index is -0.812. The molecule has 29 heavy (non-hydrogen) atoms. The number of ketones is 1. The standard InChI is InChI=1S/C23H33NO5/c1-5-12-19(25)15-10-7-11-16-20(24-22(27)29-23(2,3)4)21(26)28-17-18-13-8-6-9-14-18/h6,8-10,13-15,20H,5,7,11-12,16-17H2,1-4H3,(H,24,27)/b15-10+/t20-/m0/s1. The zero-order chi connectivity index (χ0) is 21.7. The van der Waals surface area contributed by atoms with Crippen molar-refractivity contribution in [2.24, 2.45) is 0 Å². The molecule has 0 spiro atoms. The van der Waals surface area contributed by atoms with Crippen LogP contribution < -0.4 is 5.32 Å². The highest BCUT2D eigenvalue weighted by Crippen LogP contribution is 2.10. The molecule has 0 aliphatic rings. The Bertz CT molecular complexity index is 676. The van der Waals surface area contributed by atoms with Gasteiger partial charge in [0.1, 0.15) is 18.2 Å². The zero-order valence-electron chi connectivity index (χ0n) is 17.9. The lowest BCUT2D eigenvalue weighted by atomic mass is 10.1. The fourth-order valence-electron chi connectivity index (χ4n) is 2.51. The average molecular weight is 404 g/mol. The van der Waals surface area contributed by atoms with Gasteiger partial charge in [-0.2, -0.15) is 0 Å². The number of hydrogen-bond acceptors (Lipinski definition) is 5. The topological polar surface area (TPSA) is 81.7 Å². The molecule has 6 heteroatoms. The van der Waals surface area contributed by atoms with Crippen LogP contribution >= 0.6 is 0 Å². The summed E-state index contributed by atoms with van der Waals surface area (Å²) in [5.74, 6) is -0.413. The number of unbranched alkanes of at least 4 members (excludes halogenated alkanes) is 1. The van der Waals surface area contributed by atoms with E-state index in [9.17, 15) is 14.4 Å². The first kappa shape index (κ1) is 24.4. The number of carbonyl (C=O) groups is 3. The molecular formula is C23H33NO5. The van der Waals surface area contributed by atoms with Gasteiger partial charge in [0.25, 0.3) is 0 Å². The Morgan fingerprint density at radius 2 is 1.83 bits per heavy atom. The van der Waals surface area contributed by atoms with E-state index in [0.29, 0.717) is 25.7 Å². The minimum absolute atomic E-state index is 0.0956. The van der Waals surface area contributed by atoms with E-state index >= 15 is 0 Å². The van der Waals surface area contributed by atoms with Gasteiger partial charge >= 0.3 is 12.1 Å². The summed E-state index contributed by atoms with van der Waals surface area (Å²) >= 11 is 0. The lowest BCUT2D eigenvalue weighted by molar-refractivity contribution is -0.147. The molecule has 0 bridgehead atoms. The van der Waals surface area contributed by atoms with Gasteiger partial charge in [0.15, 0.2) is 5.78 Å². The fourth-order valence-corrected chi connectivity index (χ4v) is 2.51. The summed E-state index contributed by atoms with van der Waals surface area (Å²) < 4.78 is 10.6. The summed E-state index contributed by atoms with van der Waals surface area (Å²) in [7, 11) is 0.